The lowest BCUT2D eigenvalue weighted by molar-refractivity contribution is -0.146. The van der Waals surface area contributed by atoms with Crippen LogP contribution in [0.15, 0.2) is 24.5 Å². The second-order valence-electron chi connectivity index (χ2n) is 5.21. The Hall–Kier alpha value is -2.11. The molecule has 1 saturated carbocycles. The lowest BCUT2D eigenvalue weighted by atomic mass is 9.95. The minimum atomic E-state index is -0.316. The number of nitrogens with one attached hydrogen (secondary N) is 2. The van der Waals surface area contributed by atoms with Gasteiger partial charge in [0, 0.05) is 12.2 Å². The monoisotopic (exact) mass is 291 g/mol. The van der Waals surface area contributed by atoms with Gasteiger partial charge in [0.25, 0.3) is 0 Å². The van der Waals surface area contributed by atoms with E-state index in [0.717, 1.165) is 32.1 Å². The van der Waals surface area contributed by atoms with E-state index >= 15 is 0 Å². The van der Waals surface area contributed by atoms with Gasteiger partial charge in [0.05, 0.1) is 24.9 Å². The van der Waals surface area contributed by atoms with Gasteiger partial charge in [-0.2, -0.15) is 0 Å². The lowest BCUT2D eigenvalue weighted by Crippen LogP contribution is -2.45. The SMILES string of the molecule is COC(=O)[C@H]1CCCCC[C@H]1NC(=O)Nc1cccnc1. The molecule has 1 aromatic rings. The minimum Gasteiger partial charge on any atom is -0.469 e. The molecule has 0 radical (unpaired) electrons. The Morgan fingerprint density at radius 3 is 2.81 bits per heavy atom. The predicted molar refractivity (Wildman–Crippen MR) is 78.8 cm³/mol. The van der Waals surface area contributed by atoms with E-state index in [2.05, 4.69) is 15.6 Å². The van der Waals surface area contributed by atoms with Crippen LogP contribution in [0, 0.1) is 5.92 Å². The number of amides is 2. The first-order valence-corrected chi connectivity index (χ1v) is 7.26. The van der Waals surface area contributed by atoms with Gasteiger partial charge in [-0.15, -0.1) is 0 Å². The summed E-state index contributed by atoms with van der Waals surface area (Å²) in [5.41, 5.74) is 0.623. The molecule has 1 fully saturated rings. The highest BCUT2D eigenvalue weighted by molar-refractivity contribution is 5.89. The molecular formula is C15H21N3O3. The number of ether oxygens (including phenoxy) is 1. The number of esters is 1. The topological polar surface area (TPSA) is 80.3 Å². The Labute approximate surface area is 124 Å². The van der Waals surface area contributed by atoms with Crippen LogP contribution in [-0.2, 0) is 9.53 Å². The van der Waals surface area contributed by atoms with Gasteiger partial charge in [-0.25, -0.2) is 4.79 Å². The summed E-state index contributed by atoms with van der Waals surface area (Å²) in [6, 6.07) is 3.01. The van der Waals surface area contributed by atoms with Crippen molar-refractivity contribution in [3.05, 3.63) is 24.5 Å². The molecule has 0 aromatic carbocycles. The summed E-state index contributed by atoms with van der Waals surface area (Å²) in [5.74, 6) is -0.513. The number of pyridine rings is 1. The van der Waals surface area contributed by atoms with E-state index in [0.29, 0.717) is 5.69 Å². The van der Waals surface area contributed by atoms with Crippen LogP contribution in [0.3, 0.4) is 0 Å². The number of rotatable bonds is 3. The fourth-order valence-electron chi connectivity index (χ4n) is 2.69. The van der Waals surface area contributed by atoms with Crippen molar-refractivity contribution < 1.29 is 14.3 Å². The quantitative estimate of drug-likeness (QED) is 0.661. The second-order valence-corrected chi connectivity index (χ2v) is 5.21. The molecule has 0 unspecified atom stereocenters. The standard InChI is InChI=1S/C15H21N3O3/c1-21-14(19)12-7-3-2-4-8-13(12)18-15(20)17-11-6-5-9-16-10-11/h5-6,9-10,12-13H,2-4,7-8H2,1H3,(H2,17,18,20)/t12-,13+/m0/s1. The maximum Gasteiger partial charge on any atom is 0.319 e. The summed E-state index contributed by atoms with van der Waals surface area (Å²) in [5, 5.41) is 5.62. The Morgan fingerprint density at radius 2 is 2.10 bits per heavy atom. The van der Waals surface area contributed by atoms with E-state index in [-0.39, 0.29) is 24.0 Å². The number of hydrogen-bond acceptors (Lipinski definition) is 4. The number of carbonyl (C=O) groups is 2. The molecule has 0 aliphatic heterocycles. The maximum absolute atomic E-state index is 12.0. The first-order valence-electron chi connectivity index (χ1n) is 7.26. The van der Waals surface area contributed by atoms with E-state index in [1.165, 1.54) is 7.11 Å². The van der Waals surface area contributed by atoms with Gasteiger partial charge in [0.15, 0.2) is 0 Å². The summed E-state index contributed by atoms with van der Waals surface area (Å²) in [6.45, 7) is 0. The third-order valence-corrected chi connectivity index (χ3v) is 3.76. The van der Waals surface area contributed by atoms with Crippen LogP contribution in [0.4, 0.5) is 10.5 Å². The van der Waals surface area contributed by atoms with Crippen molar-refractivity contribution in [2.24, 2.45) is 5.92 Å². The van der Waals surface area contributed by atoms with E-state index in [9.17, 15) is 9.59 Å². The van der Waals surface area contributed by atoms with Crippen molar-refractivity contribution in [2.45, 2.75) is 38.1 Å². The fraction of sp³-hybridized carbons (Fsp3) is 0.533. The zero-order valence-electron chi connectivity index (χ0n) is 12.2. The van der Waals surface area contributed by atoms with Gasteiger partial charge in [0.1, 0.15) is 0 Å². The predicted octanol–water partition coefficient (Wildman–Crippen LogP) is 2.33. The van der Waals surface area contributed by atoms with Crippen molar-refractivity contribution in [1.82, 2.24) is 10.3 Å². The summed E-state index contributed by atoms with van der Waals surface area (Å²) in [6.07, 6.45) is 7.83. The minimum absolute atomic E-state index is 0.184. The maximum atomic E-state index is 12.0. The summed E-state index contributed by atoms with van der Waals surface area (Å²) < 4.78 is 4.85. The van der Waals surface area contributed by atoms with Crippen LogP contribution in [-0.4, -0.2) is 30.1 Å². The highest BCUT2D eigenvalue weighted by Crippen LogP contribution is 2.24. The smallest absolute Gasteiger partial charge is 0.319 e. The molecule has 2 amide bonds. The van der Waals surface area contributed by atoms with Gasteiger partial charge in [-0.1, -0.05) is 19.3 Å². The molecule has 6 heteroatoms. The van der Waals surface area contributed by atoms with E-state index in [1.807, 2.05) is 0 Å². The van der Waals surface area contributed by atoms with Crippen LogP contribution in [0.2, 0.25) is 0 Å². The fourth-order valence-corrected chi connectivity index (χ4v) is 2.69. The zero-order valence-corrected chi connectivity index (χ0v) is 12.2. The Balaban J connectivity index is 1.97. The van der Waals surface area contributed by atoms with Gasteiger partial charge < -0.3 is 15.4 Å². The highest BCUT2D eigenvalue weighted by Gasteiger charge is 2.31. The largest absolute Gasteiger partial charge is 0.469 e. The first-order chi connectivity index (χ1) is 10.2. The van der Waals surface area contributed by atoms with Crippen molar-refractivity contribution >= 4 is 17.7 Å². The molecule has 114 valence electrons. The van der Waals surface area contributed by atoms with E-state index in [1.54, 1.807) is 24.5 Å². The van der Waals surface area contributed by atoms with Crippen LogP contribution in [0.25, 0.3) is 0 Å². The molecule has 0 saturated heterocycles. The number of nitrogens with zero attached hydrogens (tertiary/aromatic N) is 1. The summed E-state index contributed by atoms with van der Waals surface area (Å²) in [7, 11) is 1.39. The second kappa shape index (κ2) is 7.61. The summed E-state index contributed by atoms with van der Waals surface area (Å²) in [4.78, 5) is 27.9. The third-order valence-electron chi connectivity index (χ3n) is 3.76. The molecule has 1 aliphatic rings. The summed E-state index contributed by atoms with van der Waals surface area (Å²) >= 11 is 0. The molecule has 0 spiro atoms. The van der Waals surface area contributed by atoms with Crippen molar-refractivity contribution in [3.8, 4) is 0 Å². The van der Waals surface area contributed by atoms with Gasteiger partial charge in [-0.05, 0) is 25.0 Å². The number of hydrogen-bond donors (Lipinski definition) is 2. The van der Waals surface area contributed by atoms with Crippen LogP contribution in [0.5, 0.6) is 0 Å². The molecular weight excluding hydrogens is 270 g/mol. The van der Waals surface area contributed by atoms with Crippen LogP contribution in [0.1, 0.15) is 32.1 Å². The molecule has 0 bridgehead atoms. The molecule has 1 aromatic heterocycles. The van der Waals surface area contributed by atoms with Gasteiger partial charge in [0.2, 0.25) is 0 Å². The first kappa shape index (κ1) is 15.3. The van der Waals surface area contributed by atoms with Crippen LogP contribution >= 0.6 is 0 Å². The Bertz CT molecular complexity index is 478. The van der Waals surface area contributed by atoms with Crippen LogP contribution < -0.4 is 10.6 Å². The molecule has 1 aliphatic carbocycles. The molecule has 2 atom stereocenters. The Kier molecular flexibility index (Phi) is 5.54. The normalized spacial score (nSPS) is 22.0. The van der Waals surface area contributed by atoms with E-state index < -0.39 is 0 Å². The zero-order chi connectivity index (χ0) is 15.1. The van der Waals surface area contributed by atoms with Crippen molar-refractivity contribution in [1.29, 1.82) is 0 Å². The third kappa shape index (κ3) is 4.44. The molecule has 21 heavy (non-hydrogen) atoms. The molecule has 1 heterocycles. The number of urea groups is 1. The van der Waals surface area contributed by atoms with Crippen molar-refractivity contribution in [3.63, 3.8) is 0 Å². The average molecular weight is 291 g/mol. The average Bonchev–Trinajstić information content (AvgIpc) is 2.73. The van der Waals surface area contributed by atoms with E-state index in [4.69, 9.17) is 4.74 Å². The van der Waals surface area contributed by atoms with Gasteiger partial charge in [-0.3, -0.25) is 9.78 Å². The number of anilines is 1. The Morgan fingerprint density at radius 1 is 1.29 bits per heavy atom. The molecule has 2 rings (SSSR count). The number of methoxy groups -OCH3 is 1. The molecule has 6 nitrogen and oxygen atoms in total. The van der Waals surface area contributed by atoms with Crippen molar-refractivity contribution in [2.75, 3.05) is 12.4 Å². The molecule has 2 N–H and O–H groups in total. The lowest BCUT2D eigenvalue weighted by Gasteiger charge is -2.24. The highest BCUT2D eigenvalue weighted by atomic mass is 16.5. The number of aromatic nitrogens is 1. The number of carbonyl (C=O) groups excluding carboxylic acids is 2. The van der Waals surface area contributed by atoms with Gasteiger partial charge >= 0.3 is 12.0 Å².